The monoisotopic (exact) mass is 921 g/mol. The largest absolute Gasteiger partial charge is 0.508 e. The van der Waals surface area contributed by atoms with Crippen molar-refractivity contribution in [2.24, 2.45) is 17.6 Å². The van der Waals surface area contributed by atoms with E-state index >= 15 is 0 Å². The first-order valence-electron chi connectivity index (χ1n) is 25.5. The maximum absolute atomic E-state index is 14.3. The zero-order valence-corrected chi connectivity index (χ0v) is 40.4. The van der Waals surface area contributed by atoms with Crippen LogP contribution < -0.4 is 11.1 Å². The summed E-state index contributed by atoms with van der Waals surface area (Å²) in [5, 5.41) is 60.8. The minimum absolute atomic E-state index is 0.0252. The van der Waals surface area contributed by atoms with Crippen LogP contribution in [0.25, 0.3) is 5.76 Å². The van der Waals surface area contributed by atoms with Crippen LogP contribution in [0.2, 0.25) is 0 Å². The highest BCUT2D eigenvalue weighted by molar-refractivity contribution is 7.77. The quantitative estimate of drug-likeness (QED) is 0.0321. The normalized spacial score (nSPS) is 28.3. The molecule has 8 N–H and O–H groups in total. The number of unbranched alkanes of at least 4 members (excludes halogenated alkanes) is 8. The average molecular weight is 921 g/mol. The molecule has 12 nitrogen and oxygen atoms in total. The smallest absolute Gasteiger partial charge is 0.255 e. The highest BCUT2D eigenvalue weighted by Crippen LogP contribution is 2.77. The van der Waals surface area contributed by atoms with E-state index in [2.05, 4.69) is 5.32 Å². The third kappa shape index (κ3) is 9.46. The maximum Gasteiger partial charge on any atom is 0.255 e. The van der Waals surface area contributed by atoms with Crippen molar-refractivity contribution >= 4 is 42.1 Å². The van der Waals surface area contributed by atoms with Gasteiger partial charge in [0.25, 0.3) is 5.91 Å². The van der Waals surface area contributed by atoms with E-state index in [1.165, 1.54) is 153 Å². The summed E-state index contributed by atoms with van der Waals surface area (Å²) in [6.45, 7) is 1.67. The number of anilines is 1. The number of fused-ring (bicyclic) bond motifs is 3. The lowest BCUT2D eigenvalue weighted by Gasteiger charge is -2.53. The molecule has 0 aliphatic heterocycles. The number of phenols is 1. The summed E-state index contributed by atoms with van der Waals surface area (Å²) in [4.78, 5) is 54.5. The van der Waals surface area contributed by atoms with E-state index in [9.17, 15) is 44.7 Å². The number of nitrogens with zero attached hydrogens (tertiary/aromatic N) is 1. The van der Waals surface area contributed by atoms with Gasteiger partial charge in [-0.3, -0.25) is 24.1 Å². The number of benzene rings is 1. The summed E-state index contributed by atoms with van der Waals surface area (Å²) in [6.07, 6.45) is 33.0. The molecule has 6 aliphatic rings. The van der Waals surface area contributed by atoms with E-state index < -0.39 is 88.7 Å². The van der Waals surface area contributed by atoms with Gasteiger partial charge in [0.05, 0.1) is 52.5 Å². The van der Waals surface area contributed by atoms with Gasteiger partial charge in [0.2, 0.25) is 11.7 Å². The first-order chi connectivity index (χ1) is 31.2. The Hall–Kier alpha value is -3.31. The Morgan fingerprint density at radius 1 is 0.769 bits per heavy atom. The lowest BCUT2D eigenvalue weighted by atomic mass is 9.54. The Morgan fingerprint density at radius 3 is 1.75 bits per heavy atom. The molecular formula is C52H79N3O9P+. The number of aliphatic hydroxyl groups is 4. The van der Waals surface area contributed by atoms with E-state index in [0.717, 1.165) is 36.2 Å². The van der Waals surface area contributed by atoms with Crippen molar-refractivity contribution in [3.63, 3.8) is 0 Å². The van der Waals surface area contributed by atoms with E-state index in [1.807, 2.05) is 0 Å². The highest BCUT2D eigenvalue weighted by atomic mass is 31.2. The van der Waals surface area contributed by atoms with E-state index in [-0.39, 0.29) is 23.6 Å². The molecule has 6 aliphatic carbocycles. The third-order valence-corrected chi connectivity index (χ3v) is 23.8. The SMILES string of the molecule is C[C@H]1c2ccc(NC(=O)CCCCCCCCCCC[P+](C3CCCCC3)(C3CCCCC3)C3CCCCC3)c(O)c2C(O)=C2C(=O)[C@]3(O)C(O)=C(C(N)=O)C(=O)[C@@H](N(C)C)[C@@H]3[C@@H](O)[C@@H]21. The fourth-order valence-corrected chi connectivity index (χ4v) is 21.6. The summed E-state index contributed by atoms with van der Waals surface area (Å²) >= 11 is 0. The number of hydrogen-bond acceptors (Lipinski definition) is 10. The molecule has 0 heterocycles. The molecule has 2 amide bonds. The molecule has 0 spiro atoms. The minimum Gasteiger partial charge on any atom is -0.508 e. The number of carbonyl (C=O) groups excluding carboxylic acids is 4. The molecule has 0 saturated heterocycles. The molecular weight excluding hydrogens is 842 g/mol. The Labute approximate surface area is 387 Å². The number of nitrogens with two attached hydrogens (primary N) is 1. The Morgan fingerprint density at radius 2 is 1.26 bits per heavy atom. The Kier molecular flexibility index (Phi) is 16.3. The van der Waals surface area contributed by atoms with E-state index in [0.29, 0.717) is 12.0 Å². The van der Waals surface area contributed by atoms with Crippen LogP contribution in [0.1, 0.15) is 184 Å². The number of Topliss-reactive ketones (excluding diaryl/α,β-unsaturated/α-hetero) is 2. The van der Waals surface area contributed by atoms with Crippen molar-refractivity contribution in [1.82, 2.24) is 4.90 Å². The zero-order valence-electron chi connectivity index (χ0n) is 39.5. The van der Waals surface area contributed by atoms with Crippen LogP contribution >= 0.6 is 7.26 Å². The van der Waals surface area contributed by atoms with Crippen molar-refractivity contribution in [2.75, 3.05) is 25.6 Å². The molecule has 0 bridgehead atoms. The predicted octanol–water partition coefficient (Wildman–Crippen LogP) is 9.35. The third-order valence-electron chi connectivity index (χ3n) is 17.1. The molecule has 65 heavy (non-hydrogen) atoms. The minimum atomic E-state index is -2.99. The first kappa shape index (κ1) is 49.6. The van der Waals surface area contributed by atoms with Crippen molar-refractivity contribution in [3.8, 4) is 5.75 Å². The molecule has 360 valence electrons. The topological polar surface area (TPSA) is 211 Å². The number of ketones is 2. The molecule has 1 aromatic rings. The lowest BCUT2D eigenvalue weighted by Crippen LogP contribution is -2.70. The number of carbonyl (C=O) groups is 4. The van der Waals surface area contributed by atoms with Crippen LogP contribution in [0.4, 0.5) is 5.69 Å². The van der Waals surface area contributed by atoms with E-state index in [1.54, 1.807) is 19.2 Å². The van der Waals surface area contributed by atoms with Crippen molar-refractivity contribution in [1.29, 1.82) is 0 Å². The number of hydrogen-bond donors (Lipinski definition) is 7. The molecule has 0 unspecified atom stereocenters. The fraction of sp³-hybridized carbons (Fsp3) is 0.731. The molecule has 4 fully saturated rings. The number of likely N-dealkylation sites (N-methyl/N-ethyl adjacent to an activating group) is 1. The number of rotatable bonds is 18. The van der Waals surface area contributed by atoms with Gasteiger partial charge >= 0.3 is 0 Å². The lowest BCUT2D eigenvalue weighted by molar-refractivity contribution is -0.169. The number of nitrogens with one attached hydrogen (secondary N) is 1. The van der Waals surface area contributed by atoms with Gasteiger partial charge in [-0.1, -0.05) is 70.8 Å². The van der Waals surface area contributed by atoms with E-state index in [4.69, 9.17) is 5.73 Å². The molecule has 1 aromatic carbocycles. The molecule has 0 radical (unpaired) electrons. The maximum atomic E-state index is 14.3. The second-order valence-corrected chi connectivity index (χ2v) is 25.7. The Bertz CT molecular complexity index is 1930. The number of phenolic OH excluding ortho intramolecular Hbond substituents is 1. The van der Waals surface area contributed by atoms with Crippen molar-refractivity contribution in [3.05, 3.63) is 40.2 Å². The summed E-state index contributed by atoms with van der Waals surface area (Å²) in [7, 11) is 1.95. The fourth-order valence-electron chi connectivity index (χ4n) is 14.0. The highest BCUT2D eigenvalue weighted by Gasteiger charge is 2.68. The molecule has 4 saturated carbocycles. The number of primary amides is 1. The summed E-state index contributed by atoms with van der Waals surface area (Å²) < 4.78 is 0. The molecule has 6 atom stereocenters. The van der Waals surface area contributed by atoms with Gasteiger partial charge in [0.15, 0.2) is 11.4 Å². The van der Waals surface area contributed by atoms with Gasteiger partial charge in [-0.05, 0) is 128 Å². The van der Waals surface area contributed by atoms with Crippen LogP contribution in [-0.4, -0.2) is 109 Å². The molecule has 7 rings (SSSR count). The Balaban J connectivity index is 0.901. The molecule has 13 heteroatoms. The van der Waals surface area contributed by atoms with Crippen LogP contribution in [0.5, 0.6) is 5.75 Å². The standard InChI is InChI=1S/C52H78N3O9P/c1-32-36-29-30-37(45(57)40(36)46(58)41-39(32)47(59)43-44(55(2)3)48(60)42(51(53)63)50(62)52(43,64)49(41)61)54-38(56)28-20-9-7-5-4-6-8-10-21-31-65(33-22-14-11-15-23-33,34-24-16-12-17-25-34)35-26-18-13-19-27-35/h29-30,32-35,39,43-44,47,59,64H,4-28,31H2,1-3H3,(H5-,53,54,56,57,58,60,61,62,63)/p+1/t32-,39+,43+,44-,47-,52-/m0/s1. The van der Waals surface area contributed by atoms with Crippen LogP contribution in [-0.2, 0) is 19.2 Å². The van der Waals surface area contributed by atoms with Crippen LogP contribution in [0.3, 0.4) is 0 Å². The molecule has 0 aromatic heterocycles. The second kappa shape index (κ2) is 21.3. The van der Waals surface area contributed by atoms with Gasteiger partial charge in [-0.25, -0.2) is 0 Å². The van der Waals surface area contributed by atoms with Crippen molar-refractivity contribution < 1.29 is 44.7 Å². The summed E-state index contributed by atoms with van der Waals surface area (Å²) in [5.74, 6) is -9.89. The number of aliphatic hydroxyl groups excluding tert-OH is 3. The van der Waals surface area contributed by atoms with Crippen molar-refractivity contribution in [2.45, 2.75) is 208 Å². The van der Waals surface area contributed by atoms with Gasteiger partial charge in [0.1, 0.15) is 22.8 Å². The number of aromatic hydroxyl groups is 1. The summed E-state index contributed by atoms with van der Waals surface area (Å²) in [5.41, 5.74) is 4.44. The predicted molar refractivity (Wildman–Crippen MR) is 258 cm³/mol. The van der Waals surface area contributed by atoms with Gasteiger partial charge in [-0.2, -0.15) is 0 Å². The van der Waals surface area contributed by atoms with Gasteiger partial charge < -0.3 is 36.6 Å². The zero-order chi connectivity index (χ0) is 46.6. The van der Waals surface area contributed by atoms with Crippen LogP contribution in [0.15, 0.2) is 29.0 Å². The number of amides is 2. The first-order valence-corrected chi connectivity index (χ1v) is 27.7. The van der Waals surface area contributed by atoms with Gasteiger partial charge in [0, 0.05) is 25.2 Å². The van der Waals surface area contributed by atoms with Gasteiger partial charge in [-0.15, -0.1) is 0 Å². The van der Waals surface area contributed by atoms with Crippen LogP contribution in [0, 0.1) is 11.8 Å². The summed E-state index contributed by atoms with van der Waals surface area (Å²) in [6, 6.07) is 1.69. The average Bonchev–Trinajstić information content (AvgIpc) is 3.29. The second-order valence-electron chi connectivity index (χ2n) is 21.0.